The number of rotatable bonds is 3. The van der Waals surface area contributed by atoms with Crippen molar-refractivity contribution in [3.63, 3.8) is 0 Å². The van der Waals surface area contributed by atoms with Crippen molar-refractivity contribution < 1.29 is 0 Å². The second-order valence-corrected chi connectivity index (χ2v) is 24.7. The fourth-order valence-electron chi connectivity index (χ4n) is 12.1. The van der Waals surface area contributed by atoms with Gasteiger partial charge in [0.15, 0.2) is 0 Å². The molecule has 0 saturated heterocycles. The fourth-order valence-corrected chi connectivity index (χ4v) is 12.1. The smallest absolute Gasteiger partial charge is 0.252 e. The number of hydrogen-bond donors (Lipinski definition) is 0. The molecule has 3 aliphatic heterocycles. The molecule has 3 nitrogen and oxygen atoms in total. The summed E-state index contributed by atoms with van der Waals surface area (Å²) in [6, 6.07) is 48.3. The molecule has 0 radical (unpaired) electrons. The molecule has 4 heteroatoms. The fraction of sp³-hybridized carbons (Fsp3) is 0.410. The zero-order chi connectivity index (χ0) is 46.2. The van der Waals surface area contributed by atoms with Gasteiger partial charge in [-0.25, -0.2) is 0 Å². The molecule has 2 unspecified atom stereocenters. The zero-order valence-electron chi connectivity index (χ0n) is 42.0. The van der Waals surface area contributed by atoms with Crippen LogP contribution in [-0.4, -0.2) is 12.3 Å². The first-order chi connectivity index (χ1) is 30.5. The largest absolute Gasteiger partial charge is 0.334 e. The van der Waals surface area contributed by atoms with Crippen LogP contribution in [0.25, 0.3) is 0 Å². The molecule has 4 aliphatic rings. The summed E-state index contributed by atoms with van der Waals surface area (Å²) in [7, 11) is 0. The van der Waals surface area contributed by atoms with Crippen molar-refractivity contribution >= 4 is 68.6 Å². The third kappa shape index (κ3) is 6.81. The van der Waals surface area contributed by atoms with E-state index < -0.39 is 0 Å². The molecule has 6 aromatic carbocycles. The van der Waals surface area contributed by atoms with Crippen molar-refractivity contribution in [3.05, 3.63) is 149 Å². The highest BCUT2D eigenvalue weighted by Crippen LogP contribution is 2.61. The van der Waals surface area contributed by atoms with Gasteiger partial charge < -0.3 is 14.7 Å². The molecule has 6 aromatic rings. The van der Waals surface area contributed by atoms with Crippen LogP contribution in [0.1, 0.15) is 157 Å². The molecule has 334 valence electrons. The molecule has 2 atom stereocenters. The van der Waals surface area contributed by atoms with Crippen molar-refractivity contribution in [1.82, 2.24) is 0 Å². The lowest BCUT2D eigenvalue weighted by atomic mass is 9.33. The maximum absolute atomic E-state index is 2.81. The third-order valence-corrected chi connectivity index (χ3v) is 16.2. The van der Waals surface area contributed by atoms with Gasteiger partial charge in [-0.05, 0) is 140 Å². The Kier molecular flexibility index (Phi) is 9.84. The number of para-hydroxylation sites is 1. The number of anilines is 8. The van der Waals surface area contributed by atoms with Crippen LogP contribution in [0, 0.1) is 0 Å². The SMILES string of the molecule is CC(C)(C)c1cccc(N2c3cc(C(C)(C)C)ccc3B3c4ccc(C(C)(C)C)cc4N(c4cccc(C(C)(C)C)c4)c4cc(N5c6ccccc6C6(C)CCCCCC56C)cc2c43)c1. The van der Waals surface area contributed by atoms with E-state index in [1.807, 2.05) is 0 Å². The van der Waals surface area contributed by atoms with E-state index in [1.165, 1.54) is 115 Å². The van der Waals surface area contributed by atoms with E-state index in [1.54, 1.807) is 0 Å². The van der Waals surface area contributed by atoms with Gasteiger partial charge in [-0.3, -0.25) is 0 Å². The van der Waals surface area contributed by atoms with E-state index in [-0.39, 0.29) is 39.3 Å². The standard InChI is InChI=1S/C61H72BN3/c1-56(2,3)40-22-20-24-44(34-40)63-51-36-42(58(7,8)9)28-30-48(51)62-49-31-29-43(59(10,11)12)37-52(49)64(45-25-21-23-41(35-45)57(4,5)6)54-39-46(38-53(63)55(54)62)65-50-27-17-16-26-47(50)60(13)32-18-15-19-33-61(60,65)14/h16-17,20-31,34-39H,15,18-19,32-33H2,1-14H3. The van der Waals surface area contributed by atoms with Gasteiger partial charge in [0.05, 0.1) is 5.54 Å². The van der Waals surface area contributed by atoms with Gasteiger partial charge >= 0.3 is 0 Å². The molecular formula is C61H72BN3. The van der Waals surface area contributed by atoms with Crippen LogP contribution in [0.4, 0.5) is 45.5 Å². The van der Waals surface area contributed by atoms with E-state index in [0.717, 1.165) is 6.42 Å². The molecule has 0 amide bonds. The van der Waals surface area contributed by atoms with E-state index in [0.29, 0.717) is 0 Å². The predicted octanol–water partition coefficient (Wildman–Crippen LogP) is 15.1. The summed E-state index contributed by atoms with van der Waals surface area (Å²) in [5.41, 5.74) is 21.0. The second-order valence-electron chi connectivity index (χ2n) is 24.7. The van der Waals surface area contributed by atoms with E-state index in [2.05, 4.69) is 233 Å². The monoisotopic (exact) mass is 858 g/mol. The van der Waals surface area contributed by atoms with E-state index in [4.69, 9.17) is 0 Å². The average Bonchev–Trinajstić information content (AvgIpc) is 3.31. The van der Waals surface area contributed by atoms with Crippen LogP contribution < -0.4 is 31.1 Å². The molecule has 3 heterocycles. The Morgan fingerprint density at radius 3 is 1.37 bits per heavy atom. The molecular weight excluding hydrogens is 786 g/mol. The summed E-state index contributed by atoms with van der Waals surface area (Å²) in [4.78, 5) is 8.14. The summed E-state index contributed by atoms with van der Waals surface area (Å²) in [6.07, 6.45) is 6.13. The number of benzene rings is 6. The molecule has 1 saturated carbocycles. The summed E-state index contributed by atoms with van der Waals surface area (Å²) in [5.74, 6) is 0. The molecule has 0 N–H and O–H groups in total. The lowest BCUT2D eigenvalue weighted by Crippen LogP contribution is -2.61. The Bertz CT molecular complexity index is 2710. The third-order valence-electron chi connectivity index (χ3n) is 16.2. The van der Waals surface area contributed by atoms with E-state index in [9.17, 15) is 0 Å². The van der Waals surface area contributed by atoms with Crippen LogP contribution in [0.15, 0.2) is 121 Å². The maximum atomic E-state index is 2.81. The van der Waals surface area contributed by atoms with Crippen molar-refractivity contribution in [2.75, 3.05) is 14.7 Å². The first-order valence-electron chi connectivity index (χ1n) is 24.7. The van der Waals surface area contributed by atoms with Crippen LogP contribution in [0.5, 0.6) is 0 Å². The minimum atomic E-state index is -0.112. The minimum Gasteiger partial charge on any atom is -0.334 e. The highest BCUT2D eigenvalue weighted by Gasteiger charge is 2.57. The topological polar surface area (TPSA) is 9.72 Å². The Morgan fingerprint density at radius 2 is 0.877 bits per heavy atom. The zero-order valence-corrected chi connectivity index (χ0v) is 42.0. The Balaban J connectivity index is 1.37. The van der Waals surface area contributed by atoms with Crippen molar-refractivity contribution in [3.8, 4) is 0 Å². The highest BCUT2D eigenvalue weighted by atomic mass is 15.3. The van der Waals surface area contributed by atoms with Crippen LogP contribution in [0.2, 0.25) is 0 Å². The van der Waals surface area contributed by atoms with Gasteiger partial charge in [0.25, 0.3) is 6.71 Å². The van der Waals surface area contributed by atoms with Crippen molar-refractivity contribution in [2.24, 2.45) is 0 Å². The maximum Gasteiger partial charge on any atom is 0.252 e. The normalized spacial score (nSPS) is 20.5. The first-order valence-corrected chi connectivity index (χ1v) is 24.7. The molecule has 0 bridgehead atoms. The minimum absolute atomic E-state index is 0.0118. The highest BCUT2D eigenvalue weighted by molar-refractivity contribution is 7.00. The van der Waals surface area contributed by atoms with Crippen LogP contribution in [-0.2, 0) is 27.1 Å². The van der Waals surface area contributed by atoms with Crippen molar-refractivity contribution in [1.29, 1.82) is 0 Å². The summed E-state index contributed by atoms with van der Waals surface area (Å²) < 4.78 is 0. The number of nitrogens with zero attached hydrogens (tertiary/aromatic N) is 3. The average molecular weight is 858 g/mol. The number of hydrogen-bond acceptors (Lipinski definition) is 3. The molecule has 65 heavy (non-hydrogen) atoms. The summed E-state index contributed by atoms with van der Waals surface area (Å²) in [6.45, 7) is 33.4. The summed E-state index contributed by atoms with van der Waals surface area (Å²) >= 11 is 0. The molecule has 0 aromatic heterocycles. The van der Waals surface area contributed by atoms with E-state index >= 15 is 0 Å². The van der Waals surface area contributed by atoms with Gasteiger partial charge in [-0.1, -0.05) is 176 Å². The van der Waals surface area contributed by atoms with Crippen molar-refractivity contribution in [2.45, 2.75) is 162 Å². The molecule has 0 spiro atoms. The van der Waals surface area contributed by atoms with Gasteiger partial charge in [0, 0.05) is 50.9 Å². The lowest BCUT2D eigenvalue weighted by Gasteiger charge is -2.49. The Labute approximate surface area is 392 Å². The summed E-state index contributed by atoms with van der Waals surface area (Å²) in [5, 5.41) is 0. The molecule has 1 fully saturated rings. The van der Waals surface area contributed by atoms with Gasteiger partial charge in [-0.15, -0.1) is 0 Å². The van der Waals surface area contributed by atoms with Gasteiger partial charge in [0.2, 0.25) is 0 Å². The Morgan fingerprint density at radius 1 is 0.415 bits per heavy atom. The van der Waals surface area contributed by atoms with Crippen LogP contribution >= 0.6 is 0 Å². The van der Waals surface area contributed by atoms with Crippen LogP contribution in [0.3, 0.4) is 0 Å². The van der Waals surface area contributed by atoms with Gasteiger partial charge in [0.1, 0.15) is 0 Å². The van der Waals surface area contributed by atoms with Gasteiger partial charge in [-0.2, -0.15) is 0 Å². The quantitative estimate of drug-likeness (QED) is 0.164. The Hall–Kier alpha value is -5.22. The molecule has 1 aliphatic carbocycles. The number of fused-ring (bicyclic) bond motifs is 7. The second kappa shape index (κ2) is 14.6. The lowest BCUT2D eigenvalue weighted by molar-refractivity contribution is 0.261. The molecule has 10 rings (SSSR count). The predicted molar refractivity (Wildman–Crippen MR) is 283 cm³/mol. The first kappa shape index (κ1) is 43.7.